The number of nitrogens with zero attached hydrogens (tertiary/aromatic N) is 1. The van der Waals surface area contributed by atoms with Gasteiger partial charge in [-0.3, -0.25) is 9.59 Å². The van der Waals surface area contributed by atoms with Gasteiger partial charge in [0.1, 0.15) is 0 Å². The van der Waals surface area contributed by atoms with E-state index in [1.165, 1.54) is 23.2 Å². The molecule has 2 aromatic carbocycles. The first-order chi connectivity index (χ1) is 14.7. The van der Waals surface area contributed by atoms with E-state index in [1.54, 1.807) is 18.2 Å². The van der Waals surface area contributed by atoms with Crippen molar-refractivity contribution in [3.8, 4) is 0 Å². The molecule has 1 fully saturated rings. The van der Waals surface area contributed by atoms with E-state index in [0.717, 1.165) is 17.6 Å². The number of Topliss-reactive ketones (excluding diaryl/α,β-unsaturated/α-hetero) is 1. The Morgan fingerprint density at radius 3 is 2.65 bits per heavy atom. The molecule has 31 heavy (non-hydrogen) atoms. The molecular formula is C22H20F3N3O3. The number of amides is 1. The quantitative estimate of drug-likeness (QED) is 0.436. The number of hydrogen-bond acceptors (Lipinski definition) is 4. The lowest BCUT2D eigenvalue weighted by molar-refractivity contribution is -0.137. The zero-order valence-electron chi connectivity index (χ0n) is 16.3. The second-order valence-corrected chi connectivity index (χ2v) is 7.51. The maximum atomic E-state index is 12.9. The largest absolute Gasteiger partial charge is 0.416 e. The fourth-order valence-electron chi connectivity index (χ4n) is 3.80. The highest BCUT2D eigenvalue weighted by Crippen LogP contribution is 2.31. The van der Waals surface area contributed by atoms with E-state index in [-0.39, 0.29) is 30.8 Å². The minimum absolute atomic E-state index is 0.0937. The van der Waals surface area contributed by atoms with Crippen molar-refractivity contribution < 1.29 is 27.9 Å². The van der Waals surface area contributed by atoms with Crippen LogP contribution in [0, 0.1) is 0 Å². The molecule has 1 amide bonds. The van der Waals surface area contributed by atoms with Gasteiger partial charge in [0.25, 0.3) is 11.7 Å². The number of fused-ring (bicyclic) bond motifs is 1. The summed E-state index contributed by atoms with van der Waals surface area (Å²) in [7, 11) is 0. The maximum absolute atomic E-state index is 12.9. The number of para-hydroxylation sites is 1. The van der Waals surface area contributed by atoms with E-state index < -0.39 is 35.6 Å². The molecule has 0 aliphatic carbocycles. The molecule has 3 N–H and O–H groups in total. The summed E-state index contributed by atoms with van der Waals surface area (Å²) in [6.45, 7) is 0.101. The van der Waals surface area contributed by atoms with Gasteiger partial charge in [-0.1, -0.05) is 24.3 Å². The van der Waals surface area contributed by atoms with Crippen LogP contribution in [0.2, 0.25) is 0 Å². The summed E-state index contributed by atoms with van der Waals surface area (Å²) in [4.78, 5) is 29.7. The summed E-state index contributed by atoms with van der Waals surface area (Å²) in [5.74, 6) is -1.39. The standard InChI is InChI=1S/C22H20F3N3O3/c23-22(24,25)13-4-3-5-14(10-13)27-18-8-9-28(12-19(18)29)21(31)20(30)16-11-26-17-7-2-1-6-15(16)17/h1-7,10-11,18-19,26-27,29H,8-9,12H2. The van der Waals surface area contributed by atoms with Crippen molar-refractivity contribution in [2.75, 3.05) is 18.4 Å². The first-order valence-electron chi connectivity index (χ1n) is 9.75. The predicted molar refractivity (Wildman–Crippen MR) is 109 cm³/mol. The number of aromatic nitrogens is 1. The summed E-state index contributed by atoms with van der Waals surface area (Å²) in [6.07, 6.45) is -3.73. The Bertz CT molecular complexity index is 1130. The van der Waals surface area contributed by atoms with Gasteiger partial charge in [0.15, 0.2) is 0 Å². The van der Waals surface area contributed by atoms with Crippen molar-refractivity contribution in [1.82, 2.24) is 9.88 Å². The molecule has 2 unspecified atom stereocenters. The minimum atomic E-state index is -4.46. The van der Waals surface area contributed by atoms with Crippen LogP contribution < -0.4 is 5.32 Å². The van der Waals surface area contributed by atoms with Crippen LogP contribution in [0.5, 0.6) is 0 Å². The fraction of sp³-hybridized carbons (Fsp3) is 0.273. The van der Waals surface area contributed by atoms with Gasteiger partial charge in [-0.15, -0.1) is 0 Å². The van der Waals surface area contributed by atoms with E-state index in [2.05, 4.69) is 10.3 Å². The van der Waals surface area contributed by atoms with Crippen LogP contribution in [0.15, 0.2) is 54.7 Å². The number of carbonyl (C=O) groups is 2. The molecular weight excluding hydrogens is 411 g/mol. The molecule has 2 heterocycles. The third-order valence-electron chi connectivity index (χ3n) is 5.44. The molecule has 0 radical (unpaired) electrons. The van der Waals surface area contributed by atoms with Crippen LogP contribution in [-0.2, 0) is 11.0 Å². The normalized spacial score (nSPS) is 19.4. The van der Waals surface area contributed by atoms with Gasteiger partial charge in [0.2, 0.25) is 0 Å². The third-order valence-corrected chi connectivity index (χ3v) is 5.44. The van der Waals surface area contributed by atoms with Gasteiger partial charge in [-0.05, 0) is 30.7 Å². The average molecular weight is 431 g/mol. The molecule has 1 aliphatic heterocycles. The monoisotopic (exact) mass is 431 g/mol. The number of hydrogen-bond donors (Lipinski definition) is 3. The van der Waals surface area contributed by atoms with Gasteiger partial charge in [0.05, 0.1) is 23.3 Å². The number of likely N-dealkylation sites (tertiary alicyclic amines) is 1. The van der Waals surface area contributed by atoms with E-state index in [9.17, 15) is 27.9 Å². The van der Waals surface area contributed by atoms with Crippen molar-refractivity contribution in [3.63, 3.8) is 0 Å². The van der Waals surface area contributed by atoms with Crippen molar-refractivity contribution in [3.05, 3.63) is 65.9 Å². The Labute approximate surface area is 175 Å². The lowest BCUT2D eigenvalue weighted by Gasteiger charge is -2.36. The van der Waals surface area contributed by atoms with Gasteiger partial charge < -0.3 is 20.3 Å². The number of aromatic amines is 1. The molecule has 9 heteroatoms. The zero-order chi connectivity index (χ0) is 22.2. The summed E-state index contributed by atoms with van der Waals surface area (Å²) in [5.41, 5.74) is 0.444. The highest BCUT2D eigenvalue weighted by molar-refractivity contribution is 6.44. The van der Waals surface area contributed by atoms with Crippen molar-refractivity contribution >= 4 is 28.3 Å². The first-order valence-corrected chi connectivity index (χ1v) is 9.75. The van der Waals surface area contributed by atoms with Crippen molar-refractivity contribution in [1.29, 1.82) is 0 Å². The number of piperidine rings is 1. The molecule has 0 spiro atoms. The van der Waals surface area contributed by atoms with Gasteiger partial charge in [-0.25, -0.2) is 0 Å². The van der Waals surface area contributed by atoms with Crippen LogP contribution >= 0.6 is 0 Å². The van der Waals surface area contributed by atoms with Gasteiger partial charge >= 0.3 is 6.18 Å². The number of carbonyl (C=O) groups excluding carboxylic acids is 2. The molecule has 6 nitrogen and oxygen atoms in total. The summed E-state index contributed by atoms with van der Waals surface area (Å²) in [5, 5.41) is 14.0. The number of anilines is 1. The minimum Gasteiger partial charge on any atom is -0.389 e. The summed E-state index contributed by atoms with van der Waals surface area (Å²) < 4.78 is 38.7. The average Bonchev–Trinajstić information content (AvgIpc) is 3.18. The maximum Gasteiger partial charge on any atom is 0.416 e. The Balaban J connectivity index is 1.42. The molecule has 4 rings (SSSR count). The topological polar surface area (TPSA) is 85.4 Å². The van der Waals surface area contributed by atoms with Crippen molar-refractivity contribution in [2.45, 2.75) is 24.7 Å². The molecule has 2 atom stereocenters. The Morgan fingerprint density at radius 2 is 1.90 bits per heavy atom. The second-order valence-electron chi connectivity index (χ2n) is 7.51. The summed E-state index contributed by atoms with van der Waals surface area (Å²) in [6, 6.07) is 11.3. The molecule has 0 bridgehead atoms. The number of β-amino-alcohol motifs (C(OH)–C–C–N with tert-alkyl or cyclic N) is 1. The molecule has 162 valence electrons. The van der Waals surface area contributed by atoms with Crippen LogP contribution in [0.1, 0.15) is 22.3 Å². The number of H-pyrrole nitrogens is 1. The molecule has 1 aliphatic rings. The van der Waals surface area contributed by atoms with E-state index in [1.807, 2.05) is 6.07 Å². The molecule has 3 aromatic rings. The number of ketones is 1. The van der Waals surface area contributed by atoms with Crippen molar-refractivity contribution in [2.24, 2.45) is 0 Å². The smallest absolute Gasteiger partial charge is 0.389 e. The van der Waals surface area contributed by atoms with Crippen LogP contribution in [0.3, 0.4) is 0 Å². The Morgan fingerprint density at radius 1 is 1.13 bits per heavy atom. The predicted octanol–water partition coefficient (Wildman–Crippen LogP) is 3.44. The highest BCUT2D eigenvalue weighted by Gasteiger charge is 2.34. The number of benzene rings is 2. The zero-order valence-corrected chi connectivity index (χ0v) is 16.3. The third kappa shape index (κ3) is 4.27. The first kappa shape index (κ1) is 20.9. The van der Waals surface area contributed by atoms with E-state index in [0.29, 0.717) is 5.39 Å². The van der Waals surface area contributed by atoms with Crippen LogP contribution in [0.25, 0.3) is 10.9 Å². The number of halogens is 3. The Kier molecular flexibility index (Phi) is 5.45. The van der Waals surface area contributed by atoms with Gasteiger partial charge in [0, 0.05) is 35.9 Å². The van der Waals surface area contributed by atoms with Gasteiger partial charge in [-0.2, -0.15) is 13.2 Å². The highest BCUT2D eigenvalue weighted by atomic mass is 19.4. The SMILES string of the molecule is O=C(C(=O)N1CCC(Nc2cccc(C(F)(F)F)c2)C(O)C1)c1c[nH]c2ccccc12. The van der Waals surface area contributed by atoms with E-state index in [4.69, 9.17) is 0 Å². The number of aliphatic hydroxyl groups excluding tert-OH is 1. The van der Waals surface area contributed by atoms with Crippen LogP contribution in [-0.4, -0.2) is 51.9 Å². The Hall–Kier alpha value is -3.33. The number of nitrogens with one attached hydrogen (secondary N) is 2. The molecule has 1 aromatic heterocycles. The second kappa shape index (κ2) is 8.07. The lowest BCUT2D eigenvalue weighted by atomic mass is 10.00. The summed E-state index contributed by atoms with van der Waals surface area (Å²) >= 11 is 0. The molecule has 1 saturated heterocycles. The number of alkyl halides is 3. The molecule has 0 saturated carbocycles. The number of aliphatic hydroxyl groups is 1. The number of rotatable bonds is 4. The lowest BCUT2D eigenvalue weighted by Crippen LogP contribution is -2.53. The van der Waals surface area contributed by atoms with E-state index >= 15 is 0 Å². The van der Waals surface area contributed by atoms with Crippen LogP contribution in [0.4, 0.5) is 18.9 Å². The fourth-order valence-corrected chi connectivity index (χ4v) is 3.80.